The molecule has 224 valence electrons. The molecule has 1 atom stereocenters. The minimum Gasteiger partial charge on any atom is -0.303 e. The second-order valence-corrected chi connectivity index (χ2v) is 12.9. The van der Waals surface area contributed by atoms with Gasteiger partial charge in [-0.25, -0.2) is 4.57 Å². The van der Waals surface area contributed by atoms with Crippen molar-refractivity contribution < 1.29 is 18.9 Å². The Balaban J connectivity index is 5.29. The van der Waals surface area contributed by atoms with E-state index in [2.05, 4.69) is 27.7 Å². The van der Waals surface area contributed by atoms with Crippen LogP contribution < -0.4 is 0 Å². The molecule has 0 fully saturated rings. The first-order valence-corrected chi connectivity index (χ1v) is 18.1. The van der Waals surface area contributed by atoms with Crippen LogP contribution in [0.15, 0.2) is 0 Å². The van der Waals surface area contributed by atoms with Crippen molar-refractivity contribution in [2.45, 2.75) is 200 Å². The summed E-state index contributed by atoms with van der Waals surface area (Å²) in [5.41, 5.74) is -0.675. The quantitative estimate of drug-likeness (QED) is 0.0723. The second kappa shape index (κ2) is 25.1. The molecule has 0 aromatic rings. The Kier molecular flexibility index (Phi) is 25.2. The highest BCUT2D eigenvalue weighted by Crippen LogP contribution is 2.50. The van der Waals surface area contributed by atoms with Gasteiger partial charge in [-0.05, 0) is 31.6 Å². The maximum Gasteiger partial charge on any atom is 0.470 e. The third-order valence-electron chi connectivity index (χ3n) is 8.26. The van der Waals surface area contributed by atoms with Crippen molar-refractivity contribution >= 4 is 7.82 Å². The first-order chi connectivity index (χ1) is 17.8. The Morgan fingerprint density at radius 2 is 0.811 bits per heavy atom. The first-order valence-electron chi connectivity index (χ1n) is 16.6. The van der Waals surface area contributed by atoms with Crippen molar-refractivity contribution in [3.8, 4) is 0 Å². The number of phosphoric acid groups is 1. The molecule has 0 amide bonds. The molecule has 0 aromatic heterocycles. The van der Waals surface area contributed by atoms with E-state index in [1.165, 1.54) is 103 Å². The van der Waals surface area contributed by atoms with Crippen LogP contribution in [0.3, 0.4) is 0 Å². The highest BCUT2D eigenvalue weighted by molar-refractivity contribution is 7.46. The van der Waals surface area contributed by atoms with Gasteiger partial charge < -0.3 is 9.79 Å². The third-order valence-corrected chi connectivity index (χ3v) is 8.87. The lowest BCUT2D eigenvalue weighted by atomic mass is 9.74. The SMILES string of the molecule is CCCCCCCCCCCCC(CCCCCC)C(CCCCCC)(CCCCCC)OP(=O)(O)O. The van der Waals surface area contributed by atoms with Crippen LogP contribution >= 0.6 is 7.82 Å². The minimum atomic E-state index is -4.56. The second-order valence-electron chi connectivity index (χ2n) is 11.8. The Morgan fingerprint density at radius 1 is 0.514 bits per heavy atom. The van der Waals surface area contributed by atoms with E-state index in [0.29, 0.717) is 0 Å². The van der Waals surface area contributed by atoms with E-state index >= 15 is 0 Å². The first kappa shape index (κ1) is 37.1. The number of unbranched alkanes of at least 4 members (excludes halogenated alkanes) is 18. The number of hydrogen-bond donors (Lipinski definition) is 2. The topological polar surface area (TPSA) is 66.8 Å². The van der Waals surface area contributed by atoms with E-state index in [-0.39, 0.29) is 5.92 Å². The van der Waals surface area contributed by atoms with Crippen molar-refractivity contribution in [2.75, 3.05) is 0 Å². The zero-order chi connectivity index (χ0) is 27.7. The average Bonchev–Trinajstić information content (AvgIpc) is 2.85. The van der Waals surface area contributed by atoms with Crippen LogP contribution in [0.1, 0.15) is 195 Å². The highest BCUT2D eigenvalue weighted by atomic mass is 31.2. The number of rotatable bonds is 29. The molecule has 0 aliphatic rings. The van der Waals surface area contributed by atoms with Crippen molar-refractivity contribution in [1.29, 1.82) is 0 Å². The lowest BCUT2D eigenvalue weighted by molar-refractivity contribution is -0.0417. The molecule has 0 bridgehead atoms. The standard InChI is InChI=1S/C32H67O4P/c1-5-9-13-17-18-19-20-21-22-24-28-31(27-23-14-10-6-2)32(36-37(33,34)35,29-25-15-11-7-3)30-26-16-12-8-4/h31H,5-30H2,1-4H3,(H2,33,34,35). The van der Waals surface area contributed by atoms with E-state index in [0.717, 1.165) is 64.2 Å². The molecule has 0 rings (SSSR count). The van der Waals surface area contributed by atoms with Crippen LogP contribution in [0.5, 0.6) is 0 Å². The van der Waals surface area contributed by atoms with Crippen LogP contribution in [0.4, 0.5) is 0 Å². The summed E-state index contributed by atoms with van der Waals surface area (Å²) < 4.78 is 18.2. The summed E-state index contributed by atoms with van der Waals surface area (Å²) >= 11 is 0. The Morgan fingerprint density at radius 3 is 1.16 bits per heavy atom. The molecular formula is C32H67O4P. The van der Waals surface area contributed by atoms with Crippen LogP contribution in [-0.4, -0.2) is 15.4 Å². The summed E-state index contributed by atoms with van der Waals surface area (Å²) in [4.78, 5) is 20.1. The molecule has 2 N–H and O–H groups in total. The molecule has 0 aliphatic heterocycles. The fourth-order valence-corrected chi connectivity index (χ4v) is 6.81. The van der Waals surface area contributed by atoms with Crippen molar-refractivity contribution in [1.82, 2.24) is 0 Å². The Bertz CT molecular complexity index is 507. The predicted octanol–water partition coefficient (Wildman–Crippen LogP) is 11.7. The van der Waals surface area contributed by atoms with E-state index < -0.39 is 13.4 Å². The molecular weight excluding hydrogens is 479 g/mol. The van der Waals surface area contributed by atoms with Gasteiger partial charge in [0, 0.05) is 0 Å². The van der Waals surface area contributed by atoms with E-state index in [1.807, 2.05) is 0 Å². The molecule has 4 nitrogen and oxygen atoms in total. The summed E-state index contributed by atoms with van der Waals surface area (Å²) in [5.74, 6) is 0.245. The minimum absolute atomic E-state index is 0.245. The normalized spacial score (nSPS) is 13.4. The average molecular weight is 547 g/mol. The molecule has 0 spiro atoms. The predicted molar refractivity (Wildman–Crippen MR) is 162 cm³/mol. The van der Waals surface area contributed by atoms with Crippen LogP contribution in [0, 0.1) is 5.92 Å². The molecule has 0 aliphatic carbocycles. The monoisotopic (exact) mass is 546 g/mol. The van der Waals surface area contributed by atoms with Crippen LogP contribution in [0.25, 0.3) is 0 Å². The largest absolute Gasteiger partial charge is 0.470 e. The van der Waals surface area contributed by atoms with Gasteiger partial charge in [-0.2, -0.15) is 0 Å². The van der Waals surface area contributed by atoms with Crippen molar-refractivity contribution in [2.24, 2.45) is 5.92 Å². The third kappa shape index (κ3) is 21.6. The van der Waals surface area contributed by atoms with E-state index in [4.69, 9.17) is 4.52 Å². The van der Waals surface area contributed by atoms with Gasteiger partial charge in [0.1, 0.15) is 0 Å². The van der Waals surface area contributed by atoms with Gasteiger partial charge in [-0.1, -0.05) is 169 Å². The van der Waals surface area contributed by atoms with Gasteiger partial charge >= 0.3 is 7.82 Å². The zero-order valence-electron chi connectivity index (χ0n) is 25.6. The summed E-state index contributed by atoms with van der Waals surface area (Å²) in [6.07, 6.45) is 30.6. The molecule has 0 radical (unpaired) electrons. The van der Waals surface area contributed by atoms with E-state index in [9.17, 15) is 14.4 Å². The highest BCUT2D eigenvalue weighted by Gasteiger charge is 2.43. The summed E-state index contributed by atoms with van der Waals surface area (Å²) in [6.45, 7) is 8.94. The molecule has 1 unspecified atom stereocenters. The molecule has 5 heteroatoms. The molecule has 0 saturated heterocycles. The zero-order valence-corrected chi connectivity index (χ0v) is 26.5. The maximum absolute atomic E-state index is 12.3. The fraction of sp³-hybridized carbons (Fsp3) is 1.00. The van der Waals surface area contributed by atoms with Crippen LogP contribution in [-0.2, 0) is 9.09 Å². The smallest absolute Gasteiger partial charge is 0.303 e. The maximum atomic E-state index is 12.3. The molecule has 0 saturated carbocycles. The van der Waals surface area contributed by atoms with Gasteiger partial charge in [-0.15, -0.1) is 0 Å². The summed E-state index contributed by atoms with van der Waals surface area (Å²) in [7, 11) is -4.56. The Labute approximate surface area is 232 Å². The lowest BCUT2D eigenvalue weighted by Crippen LogP contribution is -2.40. The Hall–Kier alpha value is 0.110. The van der Waals surface area contributed by atoms with Gasteiger partial charge in [0.25, 0.3) is 0 Å². The van der Waals surface area contributed by atoms with Gasteiger partial charge in [-0.3, -0.25) is 4.52 Å². The number of hydrogen-bond acceptors (Lipinski definition) is 2. The molecule has 0 heterocycles. The van der Waals surface area contributed by atoms with E-state index in [1.54, 1.807) is 0 Å². The summed E-state index contributed by atoms with van der Waals surface area (Å²) in [5, 5.41) is 0. The summed E-state index contributed by atoms with van der Waals surface area (Å²) in [6, 6.07) is 0. The van der Waals surface area contributed by atoms with Crippen LogP contribution in [0.2, 0.25) is 0 Å². The lowest BCUT2D eigenvalue weighted by Gasteiger charge is -2.41. The fourth-order valence-electron chi connectivity index (χ4n) is 6.00. The van der Waals surface area contributed by atoms with Gasteiger partial charge in [0.2, 0.25) is 0 Å². The molecule has 37 heavy (non-hydrogen) atoms. The van der Waals surface area contributed by atoms with Gasteiger partial charge in [0.15, 0.2) is 0 Å². The molecule has 0 aromatic carbocycles. The van der Waals surface area contributed by atoms with Gasteiger partial charge in [0.05, 0.1) is 5.60 Å². The number of phosphoric ester groups is 1. The van der Waals surface area contributed by atoms with Crippen molar-refractivity contribution in [3.05, 3.63) is 0 Å². The van der Waals surface area contributed by atoms with Crippen molar-refractivity contribution in [3.63, 3.8) is 0 Å².